The molecule has 2 aromatic carbocycles. The van der Waals surface area contributed by atoms with E-state index in [1.54, 1.807) is 44.2 Å². The lowest BCUT2D eigenvalue weighted by molar-refractivity contribution is -0.149. The third-order valence-electron chi connectivity index (χ3n) is 9.34. The number of allylic oxidation sites excluding steroid dienone is 1. The maximum atomic E-state index is 14.3. The Morgan fingerprint density at radius 1 is 0.707 bits per heavy atom. The molecule has 16 nitrogen and oxygen atoms in total. The minimum atomic E-state index is -1.59. The summed E-state index contributed by atoms with van der Waals surface area (Å²) in [7, 11) is 0. The molecule has 3 rings (SSSR count). The number of hydrogen-bond donors (Lipinski definition) is 7. The van der Waals surface area contributed by atoms with E-state index in [0.29, 0.717) is 5.56 Å². The van der Waals surface area contributed by atoms with Crippen LogP contribution in [0.25, 0.3) is 0 Å². The molecule has 7 unspecified atom stereocenters. The topological polar surface area (TPSA) is 230 Å². The van der Waals surface area contributed by atoms with Crippen LogP contribution in [0.5, 0.6) is 0 Å². The lowest BCUT2D eigenvalue weighted by Gasteiger charge is -2.30. The van der Waals surface area contributed by atoms with Crippen LogP contribution in [-0.2, 0) is 55.9 Å². The Kier molecular flexibility index (Phi) is 17.6. The summed E-state index contributed by atoms with van der Waals surface area (Å²) in [6, 6.07) is 10.5. The third kappa shape index (κ3) is 14.2. The van der Waals surface area contributed by atoms with Gasteiger partial charge < -0.3 is 42.0 Å². The van der Waals surface area contributed by atoms with Crippen molar-refractivity contribution in [3.63, 3.8) is 0 Å². The van der Waals surface area contributed by atoms with Gasteiger partial charge in [-0.2, -0.15) is 0 Å². The van der Waals surface area contributed by atoms with Gasteiger partial charge in [0.2, 0.25) is 41.4 Å². The lowest BCUT2D eigenvalue weighted by Crippen LogP contribution is -2.62. The Balaban J connectivity index is 1.97. The van der Waals surface area contributed by atoms with Gasteiger partial charge in [-0.15, -0.1) is 0 Å². The maximum absolute atomic E-state index is 14.3. The summed E-state index contributed by atoms with van der Waals surface area (Å²) in [5, 5.41) is 18.4. The summed E-state index contributed by atoms with van der Waals surface area (Å²) in [6.07, 6.45) is 0.232. The molecule has 7 N–H and O–H groups in total. The number of rotatable bonds is 14. The summed E-state index contributed by atoms with van der Waals surface area (Å²) in [5.74, 6) is -6.37. The lowest BCUT2D eigenvalue weighted by atomic mass is 9.99. The van der Waals surface area contributed by atoms with Gasteiger partial charge in [-0.1, -0.05) is 94.4 Å². The van der Waals surface area contributed by atoms with Gasteiger partial charge in [0, 0.05) is 19.8 Å². The molecule has 1 fully saturated rings. The van der Waals surface area contributed by atoms with Crippen molar-refractivity contribution in [1.29, 1.82) is 0 Å². The van der Waals surface area contributed by atoms with Crippen LogP contribution in [0.4, 0.5) is 0 Å². The second-order valence-electron chi connectivity index (χ2n) is 15.1. The minimum absolute atomic E-state index is 0.0462. The highest BCUT2D eigenvalue weighted by atomic mass is 16.5. The first-order chi connectivity index (χ1) is 27.4. The molecule has 7 atom stereocenters. The van der Waals surface area contributed by atoms with Crippen LogP contribution in [-0.4, -0.2) is 89.7 Å². The van der Waals surface area contributed by atoms with Gasteiger partial charge in [-0.05, 0) is 50.2 Å². The van der Waals surface area contributed by atoms with E-state index in [1.165, 1.54) is 33.8 Å². The van der Waals surface area contributed by atoms with Gasteiger partial charge in [0.25, 0.3) is 0 Å². The fourth-order valence-corrected chi connectivity index (χ4v) is 6.19. The molecule has 0 radical (unpaired) electrons. The highest BCUT2D eigenvalue weighted by Gasteiger charge is 2.38. The van der Waals surface area contributed by atoms with Crippen molar-refractivity contribution < 1.29 is 43.1 Å². The molecule has 0 aliphatic carbocycles. The molecule has 58 heavy (non-hydrogen) atoms. The molecular weight excluding hydrogens is 747 g/mol. The van der Waals surface area contributed by atoms with E-state index >= 15 is 0 Å². The Bertz CT molecular complexity index is 1820. The quantitative estimate of drug-likeness (QED) is 0.107. The van der Waals surface area contributed by atoms with Crippen LogP contribution in [0.2, 0.25) is 0 Å². The van der Waals surface area contributed by atoms with Crippen molar-refractivity contribution in [3.05, 3.63) is 83.6 Å². The first kappa shape index (κ1) is 46.3. The largest absolute Gasteiger partial charge is 0.455 e. The summed E-state index contributed by atoms with van der Waals surface area (Å²) in [4.78, 5) is 108. The molecule has 1 aliphatic rings. The highest BCUT2D eigenvalue weighted by Crippen LogP contribution is 2.13. The molecular formula is C42H57N7O9. The normalized spacial score (nSPS) is 21.4. The molecule has 1 aliphatic heterocycles. The predicted octanol–water partition coefficient (Wildman–Crippen LogP) is 1.09. The molecule has 0 spiro atoms. The van der Waals surface area contributed by atoms with E-state index in [-0.39, 0.29) is 30.9 Å². The molecule has 1 saturated heterocycles. The molecule has 7 amide bonds. The van der Waals surface area contributed by atoms with Gasteiger partial charge in [-0.25, -0.2) is 4.79 Å². The smallest absolute Gasteiger partial charge is 0.354 e. The first-order valence-corrected chi connectivity index (χ1v) is 19.4. The van der Waals surface area contributed by atoms with Crippen molar-refractivity contribution in [3.8, 4) is 0 Å². The van der Waals surface area contributed by atoms with E-state index in [0.717, 1.165) is 5.56 Å². The Labute approximate surface area is 339 Å². The average Bonchev–Trinajstić information content (AvgIpc) is 3.16. The van der Waals surface area contributed by atoms with E-state index < -0.39 is 95.6 Å². The second-order valence-corrected chi connectivity index (χ2v) is 15.1. The van der Waals surface area contributed by atoms with Crippen LogP contribution < -0.4 is 37.2 Å². The number of carbonyl (C=O) groups excluding carboxylic acids is 8. The summed E-state index contributed by atoms with van der Waals surface area (Å²) in [5.41, 5.74) is 1.19. The number of benzene rings is 2. The third-order valence-corrected chi connectivity index (χ3v) is 9.34. The van der Waals surface area contributed by atoms with Crippen LogP contribution in [0.3, 0.4) is 0 Å². The molecule has 2 aromatic rings. The molecule has 16 heteroatoms. The van der Waals surface area contributed by atoms with Gasteiger partial charge in [0.15, 0.2) is 0 Å². The molecule has 1 heterocycles. The summed E-state index contributed by atoms with van der Waals surface area (Å²) < 4.78 is 5.59. The van der Waals surface area contributed by atoms with E-state index in [4.69, 9.17) is 4.74 Å². The van der Waals surface area contributed by atoms with E-state index in [2.05, 4.69) is 37.2 Å². The molecule has 0 aromatic heterocycles. The Morgan fingerprint density at radius 3 is 1.72 bits per heavy atom. The highest BCUT2D eigenvalue weighted by molar-refractivity contribution is 6.00. The van der Waals surface area contributed by atoms with Crippen LogP contribution >= 0.6 is 0 Å². The van der Waals surface area contributed by atoms with Crippen molar-refractivity contribution in [1.82, 2.24) is 37.2 Å². The Hall–Kier alpha value is -6.06. The van der Waals surface area contributed by atoms with Crippen molar-refractivity contribution in [2.45, 2.75) is 117 Å². The number of cyclic esters (lactones) is 1. The molecule has 314 valence electrons. The van der Waals surface area contributed by atoms with Crippen LogP contribution in [0.1, 0.15) is 72.9 Å². The predicted molar refractivity (Wildman–Crippen MR) is 215 cm³/mol. The number of ether oxygens (including phenoxy) is 1. The number of hydrogen-bond acceptors (Lipinski definition) is 9. The van der Waals surface area contributed by atoms with Crippen molar-refractivity contribution in [2.75, 3.05) is 0 Å². The van der Waals surface area contributed by atoms with E-state index in [9.17, 15) is 38.4 Å². The number of esters is 1. The second kappa shape index (κ2) is 22.0. The fourth-order valence-electron chi connectivity index (χ4n) is 6.19. The van der Waals surface area contributed by atoms with Crippen LogP contribution in [0, 0.1) is 11.8 Å². The van der Waals surface area contributed by atoms with Gasteiger partial charge in [-0.3, -0.25) is 33.6 Å². The zero-order valence-electron chi connectivity index (χ0n) is 34.3. The molecule has 0 saturated carbocycles. The van der Waals surface area contributed by atoms with Gasteiger partial charge >= 0.3 is 5.97 Å². The number of amides is 7. The maximum Gasteiger partial charge on any atom is 0.354 e. The standard InChI is InChI=1S/C42H57N7O9/c1-9-30-42(57)58-26(7)35(41(56)48-34(24(4)5)40(55)43-25(6)36(51)45-30)49-39(54)33(22-29-18-14-11-15-19-29)47-37(52)31(20-23(2)3)46-38(53)32(44-27(8)50)21-28-16-12-10-13-17-28/h9-19,23-26,31-35H,20-22H2,1-8H3,(H,43,55)(H,44,50)(H,45,51)(H,46,53)(H,47,52)(H,48,56)(H,49,54)/b30-9+. The average molecular weight is 804 g/mol. The first-order valence-electron chi connectivity index (χ1n) is 19.4. The van der Waals surface area contributed by atoms with Gasteiger partial charge in [0.1, 0.15) is 48.1 Å². The monoisotopic (exact) mass is 803 g/mol. The SMILES string of the molecule is C/C=C1/NC(=O)C(C)NC(=O)C(C(C)C)NC(=O)C(NC(=O)C(Cc2ccccc2)NC(=O)C(CC(C)C)NC(=O)C(Cc2ccccc2)NC(C)=O)C(C)OC1=O. The van der Waals surface area contributed by atoms with Crippen LogP contribution in [0.15, 0.2) is 72.4 Å². The van der Waals surface area contributed by atoms with E-state index in [1.807, 2.05) is 44.2 Å². The van der Waals surface area contributed by atoms with Crippen molar-refractivity contribution >= 4 is 47.3 Å². The number of nitrogens with one attached hydrogen (secondary N) is 7. The zero-order chi connectivity index (χ0) is 43.1. The zero-order valence-corrected chi connectivity index (χ0v) is 34.3. The number of carbonyl (C=O) groups is 8. The Morgan fingerprint density at radius 2 is 1.22 bits per heavy atom. The summed E-state index contributed by atoms with van der Waals surface area (Å²) in [6.45, 7) is 12.6. The fraction of sp³-hybridized carbons (Fsp3) is 0.476. The van der Waals surface area contributed by atoms with Crippen molar-refractivity contribution in [2.24, 2.45) is 11.8 Å². The minimum Gasteiger partial charge on any atom is -0.455 e. The summed E-state index contributed by atoms with van der Waals surface area (Å²) >= 11 is 0. The van der Waals surface area contributed by atoms with Gasteiger partial charge in [0.05, 0.1) is 0 Å². The molecule has 0 bridgehead atoms.